The fourth-order valence-corrected chi connectivity index (χ4v) is 6.15. The molecule has 2 aromatic heterocycles. The Labute approximate surface area is 157 Å². The molecule has 130 valence electrons. The first-order valence-electron chi connectivity index (χ1n) is 7.84. The minimum atomic E-state index is -4.16. The Balaban J connectivity index is 1.65. The van der Waals surface area contributed by atoms with Gasteiger partial charge in [0.2, 0.25) is 0 Å². The molecule has 2 aliphatic heterocycles. The van der Waals surface area contributed by atoms with Gasteiger partial charge in [0.15, 0.2) is 0 Å². The predicted octanol–water partition coefficient (Wildman–Crippen LogP) is 2.48. The van der Waals surface area contributed by atoms with Crippen molar-refractivity contribution in [3.63, 3.8) is 0 Å². The first-order valence-corrected chi connectivity index (χ1v) is 10.6. The number of aromatic nitrogens is 2. The summed E-state index contributed by atoms with van der Waals surface area (Å²) in [6.07, 6.45) is 7.76. The van der Waals surface area contributed by atoms with E-state index in [1.165, 1.54) is 6.42 Å². The standard InChI is InChI=1S/C15H16F3IN4Se/c16-15(17,18)24-14-9(19)7-12-13(20-5-6-23(12)14)22-11-4-2-8-1-3-10(11)21-8/h5-8,10-11,21H,1-4H2,(H,20,22)/t8-,10+,11+/m0/s1. The van der Waals surface area contributed by atoms with Crippen molar-refractivity contribution in [2.75, 3.05) is 5.32 Å². The molecular weight excluding hydrogens is 499 g/mol. The van der Waals surface area contributed by atoms with Crippen LogP contribution in [0.1, 0.15) is 25.7 Å². The number of nitrogens with one attached hydrogen (secondary N) is 2. The van der Waals surface area contributed by atoms with Crippen molar-refractivity contribution in [2.45, 2.75) is 48.9 Å². The Kier molecular flexibility index (Phi) is 4.47. The molecule has 2 saturated heterocycles. The molecule has 3 atom stereocenters. The third kappa shape index (κ3) is 3.27. The molecule has 2 bridgehead atoms. The van der Waals surface area contributed by atoms with Gasteiger partial charge in [0.1, 0.15) is 0 Å². The van der Waals surface area contributed by atoms with Gasteiger partial charge in [-0.3, -0.25) is 0 Å². The number of fused-ring (bicyclic) bond motifs is 3. The van der Waals surface area contributed by atoms with E-state index in [2.05, 4.69) is 15.6 Å². The number of hydrogen-bond donors (Lipinski definition) is 2. The molecule has 0 aliphatic carbocycles. The zero-order chi connectivity index (χ0) is 16.9. The average molecular weight is 515 g/mol. The number of nitrogens with zero attached hydrogens (tertiary/aromatic N) is 2. The van der Waals surface area contributed by atoms with Crippen LogP contribution in [0, 0.1) is 3.57 Å². The van der Waals surface area contributed by atoms with Crippen molar-refractivity contribution in [1.29, 1.82) is 0 Å². The molecule has 2 aromatic rings. The monoisotopic (exact) mass is 516 g/mol. The van der Waals surface area contributed by atoms with E-state index in [4.69, 9.17) is 0 Å². The Morgan fingerprint density at radius 2 is 2.08 bits per heavy atom. The van der Waals surface area contributed by atoms with E-state index < -0.39 is 20.0 Å². The number of anilines is 1. The molecule has 4 heterocycles. The van der Waals surface area contributed by atoms with Gasteiger partial charge in [0, 0.05) is 0 Å². The van der Waals surface area contributed by atoms with E-state index in [0.717, 1.165) is 24.8 Å². The van der Waals surface area contributed by atoms with E-state index in [1.807, 2.05) is 22.6 Å². The molecule has 2 aliphatic rings. The number of piperidine rings is 1. The average Bonchev–Trinajstić information content (AvgIpc) is 3.04. The Hall–Kier alpha value is -0.511. The van der Waals surface area contributed by atoms with Crippen LogP contribution < -0.4 is 15.2 Å². The third-order valence-corrected chi connectivity index (χ3v) is 8.14. The van der Waals surface area contributed by atoms with Gasteiger partial charge >= 0.3 is 158 Å². The summed E-state index contributed by atoms with van der Waals surface area (Å²) < 4.78 is 41.2. The first-order chi connectivity index (χ1) is 11.4. The maximum atomic E-state index is 12.9. The summed E-state index contributed by atoms with van der Waals surface area (Å²) in [4.78, 5) is 4.40. The summed E-state index contributed by atoms with van der Waals surface area (Å²) in [7, 11) is 0. The van der Waals surface area contributed by atoms with E-state index >= 15 is 0 Å². The van der Waals surface area contributed by atoms with Crippen molar-refractivity contribution in [2.24, 2.45) is 0 Å². The summed E-state index contributed by atoms with van der Waals surface area (Å²) in [5.74, 6) is 0.678. The molecule has 0 unspecified atom stereocenters. The molecule has 4 rings (SSSR count). The molecule has 0 aromatic carbocycles. The van der Waals surface area contributed by atoms with E-state index in [-0.39, 0.29) is 6.04 Å². The molecule has 2 fully saturated rings. The second-order valence-corrected chi connectivity index (χ2v) is 9.62. The van der Waals surface area contributed by atoms with Gasteiger partial charge in [-0.15, -0.1) is 0 Å². The molecule has 24 heavy (non-hydrogen) atoms. The van der Waals surface area contributed by atoms with Gasteiger partial charge in [-0.05, 0) is 0 Å². The van der Waals surface area contributed by atoms with Crippen molar-refractivity contribution < 1.29 is 13.2 Å². The SMILES string of the molecule is FC(F)(F)[Se]c1c(I)cc2c(N[C@@H]3CC[C@@H]4CC[C@H]3N4)nccn12. The van der Waals surface area contributed by atoms with Gasteiger partial charge in [-0.1, -0.05) is 0 Å². The number of hydrogen-bond acceptors (Lipinski definition) is 3. The van der Waals surface area contributed by atoms with Crippen LogP contribution in [-0.2, 0) is 0 Å². The molecular formula is C15H16F3IN4Se. The summed E-state index contributed by atoms with van der Waals surface area (Å²) in [6, 6.07) is 3.14. The van der Waals surface area contributed by atoms with Gasteiger partial charge in [-0.25, -0.2) is 0 Å². The molecule has 0 radical (unpaired) electrons. The van der Waals surface area contributed by atoms with Gasteiger partial charge in [0.05, 0.1) is 0 Å². The zero-order valence-electron chi connectivity index (χ0n) is 12.6. The molecule has 0 spiro atoms. The Morgan fingerprint density at radius 3 is 2.88 bits per heavy atom. The number of halogens is 4. The summed E-state index contributed by atoms with van der Waals surface area (Å²) in [5.41, 5.74) is 0.725. The van der Waals surface area contributed by atoms with Crippen LogP contribution in [0.4, 0.5) is 19.0 Å². The van der Waals surface area contributed by atoms with Crippen molar-refractivity contribution in [3.05, 3.63) is 22.0 Å². The van der Waals surface area contributed by atoms with Gasteiger partial charge in [-0.2, -0.15) is 0 Å². The molecule has 9 heteroatoms. The van der Waals surface area contributed by atoms with Crippen LogP contribution in [0.2, 0.25) is 0 Å². The quantitative estimate of drug-likeness (QED) is 0.488. The Bertz CT molecular complexity index is 763. The van der Waals surface area contributed by atoms with Crippen LogP contribution in [-0.4, -0.2) is 47.5 Å². The Morgan fingerprint density at radius 1 is 1.29 bits per heavy atom. The number of alkyl halides is 3. The second-order valence-electron chi connectivity index (χ2n) is 6.25. The third-order valence-electron chi connectivity index (χ3n) is 4.73. The molecule has 0 saturated carbocycles. The van der Waals surface area contributed by atoms with Crippen LogP contribution in [0.5, 0.6) is 0 Å². The fourth-order valence-electron chi connectivity index (χ4n) is 3.69. The molecule has 4 nitrogen and oxygen atoms in total. The minimum absolute atomic E-state index is 0.284. The van der Waals surface area contributed by atoms with Gasteiger partial charge in [0.25, 0.3) is 0 Å². The number of rotatable bonds is 3. The van der Waals surface area contributed by atoms with Crippen LogP contribution >= 0.6 is 22.6 Å². The summed E-state index contributed by atoms with van der Waals surface area (Å²) in [6.45, 7) is 0. The van der Waals surface area contributed by atoms with E-state index in [9.17, 15) is 13.2 Å². The van der Waals surface area contributed by atoms with Crippen LogP contribution in [0.25, 0.3) is 5.52 Å². The van der Waals surface area contributed by atoms with Crippen LogP contribution in [0.3, 0.4) is 0 Å². The van der Waals surface area contributed by atoms with Crippen molar-refractivity contribution >= 4 is 53.5 Å². The maximum absolute atomic E-state index is 12.9. The summed E-state index contributed by atoms with van der Waals surface area (Å²) in [5, 5.41) is 2.93. The second kappa shape index (κ2) is 6.34. The van der Waals surface area contributed by atoms with Crippen molar-refractivity contribution in [3.8, 4) is 0 Å². The fraction of sp³-hybridized carbons (Fsp3) is 0.533. The van der Waals surface area contributed by atoms with Gasteiger partial charge < -0.3 is 0 Å². The topological polar surface area (TPSA) is 41.4 Å². The van der Waals surface area contributed by atoms with E-state index in [0.29, 0.717) is 26.1 Å². The zero-order valence-corrected chi connectivity index (χ0v) is 16.5. The summed E-state index contributed by atoms with van der Waals surface area (Å²) >= 11 is 0.416. The first kappa shape index (κ1) is 16.9. The predicted molar refractivity (Wildman–Crippen MR) is 95.9 cm³/mol. The van der Waals surface area contributed by atoms with E-state index in [1.54, 1.807) is 22.9 Å². The van der Waals surface area contributed by atoms with Crippen molar-refractivity contribution in [1.82, 2.24) is 14.7 Å². The normalized spacial score (nSPS) is 26.9. The van der Waals surface area contributed by atoms with Crippen LogP contribution in [0.15, 0.2) is 18.5 Å². The molecule has 2 N–H and O–H groups in total. The molecule has 0 amide bonds.